The lowest BCUT2D eigenvalue weighted by Gasteiger charge is -2.62. The average molecular weight is 573 g/mol. The van der Waals surface area contributed by atoms with Gasteiger partial charge in [0, 0.05) is 31.2 Å². The molecule has 7 aliphatic rings. The summed E-state index contributed by atoms with van der Waals surface area (Å²) in [6.45, 7) is 2.83. The van der Waals surface area contributed by atoms with Crippen molar-refractivity contribution in [1.82, 2.24) is 20.0 Å². The topological polar surface area (TPSA) is 85.3 Å². The predicted octanol–water partition coefficient (Wildman–Crippen LogP) is 2.64. The Balaban J connectivity index is 1.17. The Kier molecular flexibility index (Phi) is 7.93. The standard InChI is InChI=1S/C32H49FN4O4/c1-35-12-4-8-21(35)10-11-34-32(40)24-18-37-26-14-19-6-2-3-7-20(19)15-27(26)41-31-28(37)23(30(24)39)16-25(33)29(31)36-13-5-9-22(38)17-36/h18-23,25-29,31,38H,2-17H2,1H3,(H,34,40). The molecule has 0 radical (unpaired) electrons. The summed E-state index contributed by atoms with van der Waals surface area (Å²) in [7, 11) is 2.13. The van der Waals surface area contributed by atoms with E-state index in [9.17, 15) is 14.7 Å². The fourth-order valence-electron chi connectivity index (χ4n) is 9.91. The summed E-state index contributed by atoms with van der Waals surface area (Å²) in [5.41, 5.74) is 0.204. The molecule has 0 aromatic carbocycles. The smallest absolute Gasteiger partial charge is 0.256 e. The second-order valence-electron chi connectivity index (χ2n) is 14.3. The number of hydrogen-bond donors (Lipinski definition) is 2. The minimum absolute atomic E-state index is 0.0227. The Morgan fingerprint density at radius 2 is 1.83 bits per heavy atom. The van der Waals surface area contributed by atoms with Crippen LogP contribution in [0.3, 0.4) is 0 Å². The molecule has 9 heteroatoms. The van der Waals surface area contributed by atoms with E-state index in [1.54, 1.807) is 0 Å². The molecule has 41 heavy (non-hydrogen) atoms. The number of carbonyl (C=O) groups excluding carboxylic acids is 2. The van der Waals surface area contributed by atoms with E-state index in [2.05, 4.69) is 27.1 Å². The summed E-state index contributed by atoms with van der Waals surface area (Å²) in [6.07, 6.45) is 11.6. The second-order valence-corrected chi connectivity index (χ2v) is 14.3. The van der Waals surface area contributed by atoms with Gasteiger partial charge in [0.15, 0.2) is 5.78 Å². The maximum atomic E-state index is 16.2. The highest BCUT2D eigenvalue weighted by molar-refractivity contribution is 6.20. The molecule has 4 heterocycles. The van der Waals surface area contributed by atoms with Crippen LogP contribution in [0.1, 0.15) is 77.0 Å². The highest BCUT2D eigenvalue weighted by Crippen LogP contribution is 2.50. The number of morpholine rings is 1. The Bertz CT molecular complexity index is 1040. The Morgan fingerprint density at radius 3 is 2.59 bits per heavy atom. The number of alkyl halides is 1. The summed E-state index contributed by atoms with van der Waals surface area (Å²) in [4.78, 5) is 34.2. The molecule has 11 unspecified atom stereocenters. The summed E-state index contributed by atoms with van der Waals surface area (Å²) in [5.74, 6) is 0.180. The number of aliphatic hydroxyl groups excluding tert-OH is 1. The van der Waals surface area contributed by atoms with Gasteiger partial charge in [0.05, 0.1) is 42.0 Å². The van der Waals surface area contributed by atoms with Crippen LogP contribution < -0.4 is 5.32 Å². The number of likely N-dealkylation sites (tertiary alicyclic amines) is 2. The third kappa shape index (κ3) is 5.17. The maximum Gasteiger partial charge on any atom is 0.256 e. The Labute approximate surface area is 244 Å². The van der Waals surface area contributed by atoms with Crippen LogP contribution in [0.5, 0.6) is 0 Å². The highest BCUT2D eigenvalue weighted by Gasteiger charge is 2.60. The summed E-state index contributed by atoms with van der Waals surface area (Å²) in [6, 6.07) is -0.148. The minimum Gasteiger partial charge on any atom is -0.392 e. The number of fused-ring (bicyclic) bond motifs is 3. The van der Waals surface area contributed by atoms with E-state index in [0.29, 0.717) is 31.0 Å². The normalized spacial score (nSPS) is 45.0. The monoisotopic (exact) mass is 572 g/mol. The molecule has 0 spiro atoms. The van der Waals surface area contributed by atoms with Crippen molar-refractivity contribution in [2.75, 3.05) is 33.2 Å². The number of nitrogens with zero attached hydrogens (tertiary/aromatic N) is 3. The van der Waals surface area contributed by atoms with Gasteiger partial charge in [0.25, 0.3) is 5.91 Å². The molecule has 0 bridgehead atoms. The number of aliphatic hydroxyl groups is 1. The molecule has 4 aliphatic heterocycles. The third-order valence-corrected chi connectivity index (χ3v) is 12.0. The highest BCUT2D eigenvalue weighted by atomic mass is 19.1. The van der Waals surface area contributed by atoms with Crippen molar-refractivity contribution in [3.63, 3.8) is 0 Å². The van der Waals surface area contributed by atoms with E-state index < -0.39 is 30.3 Å². The molecule has 228 valence electrons. The number of ether oxygens (including phenoxy) is 1. The quantitative estimate of drug-likeness (QED) is 0.490. The molecule has 6 fully saturated rings. The molecule has 11 atom stereocenters. The number of piperidine rings is 1. The zero-order valence-corrected chi connectivity index (χ0v) is 24.6. The lowest BCUT2D eigenvalue weighted by Crippen LogP contribution is -2.74. The van der Waals surface area contributed by atoms with Crippen LogP contribution in [-0.2, 0) is 14.3 Å². The van der Waals surface area contributed by atoms with E-state index in [1.807, 2.05) is 6.20 Å². The van der Waals surface area contributed by atoms with E-state index in [-0.39, 0.29) is 41.9 Å². The number of Topliss-reactive ketones (excluding diaryl/α,β-unsaturated/α-hetero) is 1. The first-order chi connectivity index (χ1) is 19.9. The fourth-order valence-corrected chi connectivity index (χ4v) is 9.91. The van der Waals surface area contributed by atoms with Gasteiger partial charge in [0.2, 0.25) is 0 Å². The van der Waals surface area contributed by atoms with Gasteiger partial charge in [-0.05, 0) is 83.3 Å². The van der Waals surface area contributed by atoms with Gasteiger partial charge in [-0.3, -0.25) is 14.5 Å². The van der Waals surface area contributed by atoms with Crippen molar-refractivity contribution < 1.29 is 23.8 Å². The van der Waals surface area contributed by atoms with Gasteiger partial charge in [-0.25, -0.2) is 4.39 Å². The number of hydrogen-bond acceptors (Lipinski definition) is 7. The van der Waals surface area contributed by atoms with Crippen LogP contribution in [0, 0.1) is 17.8 Å². The first-order valence-electron chi connectivity index (χ1n) is 16.6. The van der Waals surface area contributed by atoms with Crippen LogP contribution in [0.2, 0.25) is 0 Å². The molecule has 3 aliphatic carbocycles. The van der Waals surface area contributed by atoms with Gasteiger partial charge >= 0.3 is 0 Å². The van der Waals surface area contributed by atoms with Gasteiger partial charge in [-0.1, -0.05) is 25.7 Å². The largest absolute Gasteiger partial charge is 0.392 e. The van der Waals surface area contributed by atoms with Crippen molar-refractivity contribution in [2.45, 2.75) is 126 Å². The summed E-state index contributed by atoms with van der Waals surface area (Å²) < 4.78 is 23.2. The number of ketones is 1. The van der Waals surface area contributed by atoms with E-state index in [1.165, 1.54) is 32.1 Å². The lowest BCUT2D eigenvalue weighted by atomic mass is 9.64. The van der Waals surface area contributed by atoms with Crippen molar-refractivity contribution in [1.29, 1.82) is 0 Å². The van der Waals surface area contributed by atoms with Crippen LogP contribution >= 0.6 is 0 Å². The molecule has 3 saturated heterocycles. The van der Waals surface area contributed by atoms with Crippen LogP contribution in [-0.4, -0.2) is 113 Å². The number of carbonyl (C=O) groups is 2. The lowest BCUT2D eigenvalue weighted by molar-refractivity contribution is -0.223. The Hall–Kier alpha value is -1.55. The van der Waals surface area contributed by atoms with Crippen molar-refractivity contribution in [3.05, 3.63) is 11.8 Å². The van der Waals surface area contributed by atoms with Gasteiger partial charge < -0.3 is 25.0 Å². The maximum absolute atomic E-state index is 16.2. The fraction of sp³-hybridized carbons (Fsp3) is 0.875. The van der Waals surface area contributed by atoms with Gasteiger partial charge in [-0.15, -0.1) is 0 Å². The van der Waals surface area contributed by atoms with Gasteiger partial charge in [0.1, 0.15) is 6.17 Å². The molecule has 2 N–H and O–H groups in total. The minimum atomic E-state index is -1.24. The van der Waals surface area contributed by atoms with Crippen LogP contribution in [0.25, 0.3) is 0 Å². The predicted molar refractivity (Wildman–Crippen MR) is 153 cm³/mol. The SMILES string of the molecule is CN1CCCC1CCNC(=O)C1=CN2C3CC4CCCCC4CC3OC3C(N4CCCC(O)C4)C(F)CC(C1=O)C32. The molecular weight excluding hydrogens is 523 g/mol. The Morgan fingerprint density at radius 1 is 1.05 bits per heavy atom. The number of nitrogens with one attached hydrogen (secondary N) is 1. The zero-order chi connectivity index (χ0) is 28.2. The van der Waals surface area contributed by atoms with Crippen molar-refractivity contribution in [3.8, 4) is 0 Å². The number of β-amino-alcohol motifs (C(OH)–C–C–N with tert-alkyl or cyclic N) is 1. The van der Waals surface area contributed by atoms with E-state index >= 15 is 4.39 Å². The van der Waals surface area contributed by atoms with E-state index in [0.717, 1.165) is 51.6 Å². The van der Waals surface area contributed by atoms with Crippen molar-refractivity contribution in [2.24, 2.45) is 17.8 Å². The molecule has 1 amide bonds. The number of halogens is 1. The summed E-state index contributed by atoms with van der Waals surface area (Å²) >= 11 is 0. The number of rotatable bonds is 5. The van der Waals surface area contributed by atoms with Crippen LogP contribution in [0.15, 0.2) is 11.8 Å². The first kappa shape index (κ1) is 28.2. The zero-order valence-electron chi connectivity index (χ0n) is 24.6. The van der Waals surface area contributed by atoms with Crippen molar-refractivity contribution >= 4 is 11.7 Å². The number of amides is 1. The molecule has 8 nitrogen and oxygen atoms in total. The van der Waals surface area contributed by atoms with E-state index in [4.69, 9.17) is 4.74 Å². The molecular formula is C32H49FN4O4. The summed E-state index contributed by atoms with van der Waals surface area (Å²) in [5, 5.41) is 13.5. The molecule has 3 saturated carbocycles. The van der Waals surface area contributed by atoms with Gasteiger partial charge in [-0.2, -0.15) is 0 Å². The first-order valence-corrected chi connectivity index (χ1v) is 16.6. The van der Waals surface area contributed by atoms with Crippen LogP contribution in [0.4, 0.5) is 4.39 Å². The molecule has 0 aromatic heterocycles. The average Bonchev–Trinajstić information content (AvgIpc) is 3.37. The second kappa shape index (κ2) is 11.5. The molecule has 0 aromatic rings. The third-order valence-electron chi connectivity index (χ3n) is 12.0. The molecule has 7 rings (SSSR count).